The number of halogens is 4. The maximum Gasteiger partial charge on any atom is 0.248 e. The predicted octanol–water partition coefficient (Wildman–Crippen LogP) is 4.36. The molecule has 0 radical (unpaired) electrons. The van der Waals surface area contributed by atoms with Crippen LogP contribution >= 0.6 is 0 Å². The van der Waals surface area contributed by atoms with Crippen molar-refractivity contribution in [2.45, 2.75) is 83.2 Å². The fourth-order valence-electron chi connectivity index (χ4n) is 3.69. The highest BCUT2D eigenvalue weighted by atomic mass is 19.3. The predicted molar refractivity (Wildman–Crippen MR) is 114 cm³/mol. The summed E-state index contributed by atoms with van der Waals surface area (Å²) < 4.78 is 51.4. The van der Waals surface area contributed by atoms with E-state index in [2.05, 4.69) is 15.4 Å². The lowest BCUT2D eigenvalue weighted by atomic mass is 9.79. The SMILES string of the molecule is CC#N.FC1(F)CCCCC1.NCc1cn2ncc(CNC(=O)CC3CC(F)(F)C3)cc2n1. The number of carbonyl (C=O) groups is 1. The van der Waals surface area contributed by atoms with Crippen LogP contribution in [0.3, 0.4) is 0 Å². The minimum Gasteiger partial charge on any atom is -0.352 e. The average Bonchev–Trinajstić information content (AvgIpc) is 3.14. The van der Waals surface area contributed by atoms with Crippen LogP contribution in [0.15, 0.2) is 18.5 Å². The number of aromatic nitrogens is 3. The topological polar surface area (TPSA) is 109 Å². The Kier molecular flexibility index (Phi) is 9.58. The highest BCUT2D eigenvalue weighted by Crippen LogP contribution is 2.43. The van der Waals surface area contributed by atoms with Crippen molar-refractivity contribution in [2.75, 3.05) is 0 Å². The van der Waals surface area contributed by atoms with Crippen molar-refractivity contribution in [3.63, 3.8) is 0 Å². The number of nitrogens with one attached hydrogen (secondary N) is 1. The van der Waals surface area contributed by atoms with Crippen LogP contribution in [0.1, 0.15) is 69.5 Å². The van der Waals surface area contributed by atoms with Gasteiger partial charge in [0.1, 0.15) is 0 Å². The van der Waals surface area contributed by atoms with E-state index in [4.69, 9.17) is 11.0 Å². The quantitative estimate of drug-likeness (QED) is 0.632. The Hall–Kier alpha value is -2.74. The van der Waals surface area contributed by atoms with Gasteiger partial charge >= 0.3 is 0 Å². The van der Waals surface area contributed by atoms with E-state index in [0.717, 1.165) is 17.7 Å². The van der Waals surface area contributed by atoms with Gasteiger partial charge in [0.25, 0.3) is 0 Å². The van der Waals surface area contributed by atoms with Gasteiger partial charge < -0.3 is 11.1 Å². The second-order valence-corrected chi connectivity index (χ2v) is 8.35. The molecule has 2 aliphatic carbocycles. The molecule has 11 heteroatoms. The highest BCUT2D eigenvalue weighted by Gasteiger charge is 2.45. The van der Waals surface area contributed by atoms with Crippen molar-refractivity contribution < 1.29 is 22.4 Å². The number of nitrogens with zero attached hydrogens (tertiary/aromatic N) is 4. The maximum atomic E-state index is 12.7. The van der Waals surface area contributed by atoms with Crippen molar-refractivity contribution in [1.29, 1.82) is 5.26 Å². The molecule has 2 aliphatic rings. The van der Waals surface area contributed by atoms with Gasteiger partial charge in [0, 0.05) is 52.1 Å². The summed E-state index contributed by atoms with van der Waals surface area (Å²) >= 11 is 0. The molecule has 1 amide bonds. The largest absolute Gasteiger partial charge is 0.352 e. The molecular weight excluding hydrogens is 440 g/mol. The molecule has 2 aromatic rings. The molecule has 7 nitrogen and oxygen atoms in total. The van der Waals surface area contributed by atoms with Crippen LogP contribution in [0.4, 0.5) is 17.6 Å². The van der Waals surface area contributed by atoms with Crippen LogP contribution in [0.5, 0.6) is 0 Å². The molecule has 2 aromatic heterocycles. The Morgan fingerprint density at radius 3 is 2.39 bits per heavy atom. The monoisotopic (exact) mass is 470 g/mol. The van der Waals surface area contributed by atoms with Crippen LogP contribution in [0, 0.1) is 17.2 Å². The lowest BCUT2D eigenvalue weighted by Crippen LogP contribution is -2.38. The molecule has 182 valence electrons. The molecule has 0 spiro atoms. The summed E-state index contributed by atoms with van der Waals surface area (Å²) in [5.74, 6) is -5.33. The molecule has 2 saturated carbocycles. The zero-order valence-corrected chi connectivity index (χ0v) is 18.7. The number of hydrogen-bond acceptors (Lipinski definition) is 5. The van der Waals surface area contributed by atoms with Gasteiger partial charge in [0.05, 0.1) is 24.2 Å². The van der Waals surface area contributed by atoms with E-state index < -0.39 is 11.8 Å². The van der Waals surface area contributed by atoms with Crippen LogP contribution in [-0.2, 0) is 17.9 Å². The number of rotatable bonds is 5. The van der Waals surface area contributed by atoms with E-state index in [0.29, 0.717) is 31.6 Å². The Morgan fingerprint density at radius 2 is 1.88 bits per heavy atom. The van der Waals surface area contributed by atoms with Crippen molar-refractivity contribution in [3.05, 3.63) is 29.7 Å². The molecule has 0 unspecified atom stereocenters. The number of amides is 1. The molecule has 33 heavy (non-hydrogen) atoms. The van der Waals surface area contributed by atoms with Gasteiger partial charge in [-0.3, -0.25) is 4.79 Å². The minimum absolute atomic E-state index is 0.118. The minimum atomic E-state index is -2.58. The summed E-state index contributed by atoms with van der Waals surface area (Å²) in [7, 11) is 0. The van der Waals surface area contributed by atoms with Gasteiger partial charge in [0.2, 0.25) is 17.8 Å². The van der Waals surface area contributed by atoms with E-state index in [1.165, 1.54) is 6.92 Å². The molecule has 3 N–H and O–H groups in total. The number of fused-ring (bicyclic) bond motifs is 1. The molecule has 2 heterocycles. The van der Waals surface area contributed by atoms with Gasteiger partial charge in [-0.2, -0.15) is 10.4 Å². The lowest BCUT2D eigenvalue weighted by Gasteiger charge is -2.34. The first kappa shape index (κ1) is 26.5. The van der Waals surface area contributed by atoms with E-state index in [1.807, 2.05) is 6.07 Å². The molecule has 0 aromatic carbocycles. The second kappa shape index (κ2) is 11.9. The van der Waals surface area contributed by atoms with E-state index >= 15 is 0 Å². The number of nitriles is 1. The summed E-state index contributed by atoms with van der Waals surface area (Å²) in [6.07, 6.45) is 5.80. The summed E-state index contributed by atoms with van der Waals surface area (Å²) in [5.41, 5.74) is 7.71. The zero-order valence-electron chi connectivity index (χ0n) is 18.7. The van der Waals surface area contributed by atoms with Gasteiger partial charge in [0.15, 0.2) is 5.65 Å². The molecule has 0 saturated heterocycles. The van der Waals surface area contributed by atoms with E-state index in [1.54, 1.807) is 23.0 Å². The van der Waals surface area contributed by atoms with Crippen LogP contribution < -0.4 is 11.1 Å². The number of nitrogens with two attached hydrogens (primary N) is 1. The first-order chi connectivity index (χ1) is 15.6. The van der Waals surface area contributed by atoms with Gasteiger partial charge in [-0.05, 0) is 30.4 Å². The third-order valence-corrected chi connectivity index (χ3v) is 5.36. The Balaban J connectivity index is 0.000000291. The molecule has 0 bridgehead atoms. The van der Waals surface area contributed by atoms with E-state index in [-0.39, 0.29) is 43.9 Å². The molecule has 2 fully saturated rings. The number of imidazole rings is 1. The van der Waals surface area contributed by atoms with Crippen molar-refractivity contribution in [2.24, 2.45) is 11.7 Å². The van der Waals surface area contributed by atoms with E-state index in [9.17, 15) is 22.4 Å². The first-order valence-electron chi connectivity index (χ1n) is 10.9. The molecule has 0 aliphatic heterocycles. The van der Waals surface area contributed by atoms with Crippen LogP contribution in [0.2, 0.25) is 0 Å². The zero-order chi connectivity index (χ0) is 24.5. The summed E-state index contributed by atoms with van der Waals surface area (Å²) in [6, 6.07) is 3.56. The maximum absolute atomic E-state index is 12.7. The van der Waals surface area contributed by atoms with Gasteiger partial charge in [-0.1, -0.05) is 6.42 Å². The Bertz CT molecular complexity index is 940. The fraction of sp³-hybridized carbons (Fsp3) is 0.636. The molecule has 4 rings (SSSR count). The first-order valence-corrected chi connectivity index (χ1v) is 10.9. The molecule has 0 atom stereocenters. The second-order valence-electron chi connectivity index (χ2n) is 8.35. The van der Waals surface area contributed by atoms with Crippen molar-refractivity contribution >= 4 is 11.6 Å². The van der Waals surface area contributed by atoms with Gasteiger partial charge in [-0.15, -0.1) is 0 Å². The standard InChI is InChI=1S/C14H17F2N5O.C6H10F2.C2H3N/c15-14(16)3-9(4-14)2-13(22)18-6-10-1-12-20-11(5-17)8-21(12)19-7-10;7-6(8)4-2-1-3-5-6;1-2-3/h1,7-9H,2-6,17H2,(H,18,22);1-5H2;1H3. The molecular formula is C22H30F4N6O. The van der Waals surface area contributed by atoms with Crippen molar-refractivity contribution in [3.8, 4) is 6.07 Å². The summed E-state index contributed by atoms with van der Waals surface area (Å²) in [4.78, 5) is 16.0. The summed E-state index contributed by atoms with van der Waals surface area (Å²) in [6.45, 7) is 2.07. The lowest BCUT2D eigenvalue weighted by molar-refractivity contribution is -0.133. The van der Waals surface area contributed by atoms with Crippen LogP contribution in [0.25, 0.3) is 5.65 Å². The fourth-order valence-corrected chi connectivity index (χ4v) is 3.69. The Morgan fingerprint density at radius 1 is 1.24 bits per heavy atom. The Labute approximate surface area is 190 Å². The normalized spacial score (nSPS) is 18.6. The van der Waals surface area contributed by atoms with Gasteiger partial charge in [-0.25, -0.2) is 27.1 Å². The smallest absolute Gasteiger partial charge is 0.248 e. The number of alkyl halides is 4. The average molecular weight is 471 g/mol. The van der Waals surface area contributed by atoms with Crippen LogP contribution in [-0.4, -0.2) is 32.4 Å². The van der Waals surface area contributed by atoms with Crippen molar-refractivity contribution in [1.82, 2.24) is 19.9 Å². The third kappa shape index (κ3) is 8.96. The number of hydrogen-bond donors (Lipinski definition) is 2. The summed E-state index contributed by atoms with van der Waals surface area (Å²) in [5, 5.41) is 14.2. The third-order valence-electron chi connectivity index (χ3n) is 5.36. The number of carbonyl (C=O) groups excluding carboxylic acids is 1. The highest BCUT2D eigenvalue weighted by molar-refractivity contribution is 5.76.